The predicted molar refractivity (Wildman–Crippen MR) is 75.3 cm³/mol. The Kier molecular flexibility index (Phi) is 3.52. The van der Waals surface area contributed by atoms with E-state index in [1.165, 1.54) is 24.2 Å². The first-order chi connectivity index (χ1) is 9.29. The number of ether oxygens (including phenoxy) is 1. The summed E-state index contributed by atoms with van der Waals surface area (Å²) in [7, 11) is 1.94. The van der Waals surface area contributed by atoms with E-state index >= 15 is 0 Å². The van der Waals surface area contributed by atoms with Crippen molar-refractivity contribution in [1.29, 1.82) is 0 Å². The van der Waals surface area contributed by atoms with Crippen LogP contribution in [-0.2, 0) is 4.74 Å². The van der Waals surface area contributed by atoms with Crippen molar-refractivity contribution < 1.29 is 9.53 Å². The number of hydrogen-bond donors (Lipinski definition) is 0. The predicted octanol–water partition coefficient (Wildman–Crippen LogP) is 2.07. The zero-order valence-electron chi connectivity index (χ0n) is 10.9. The molecule has 0 aromatic carbocycles. The van der Waals surface area contributed by atoms with E-state index in [1.54, 1.807) is 0 Å². The second-order valence-electron chi connectivity index (χ2n) is 4.93. The number of thiazole rings is 1. The summed E-state index contributed by atoms with van der Waals surface area (Å²) in [5.41, 5.74) is 0.612. The van der Waals surface area contributed by atoms with Crippen LogP contribution in [0.1, 0.15) is 23.3 Å². The Morgan fingerprint density at radius 1 is 1.63 bits per heavy atom. The number of likely N-dealkylation sites (N-methyl/N-ethyl adjacent to an activating group) is 1. The summed E-state index contributed by atoms with van der Waals surface area (Å²) in [6, 6.07) is 0. The van der Waals surface area contributed by atoms with Crippen LogP contribution in [0.4, 0.5) is 5.82 Å². The number of fused-ring (bicyclic) bond motifs is 1. The molecule has 0 N–H and O–H groups in total. The summed E-state index contributed by atoms with van der Waals surface area (Å²) in [6.07, 6.45) is 5.35. The average Bonchev–Trinajstić information content (AvgIpc) is 2.99. The lowest BCUT2D eigenvalue weighted by Crippen LogP contribution is -2.24. The van der Waals surface area contributed by atoms with Gasteiger partial charge in [-0.1, -0.05) is 0 Å². The second-order valence-corrected chi connectivity index (χ2v) is 5.81. The molecule has 102 valence electrons. The van der Waals surface area contributed by atoms with Gasteiger partial charge in [0.05, 0.1) is 6.61 Å². The van der Waals surface area contributed by atoms with Crippen molar-refractivity contribution in [3.8, 4) is 0 Å². The van der Waals surface area contributed by atoms with Gasteiger partial charge < -0.3 is 9.64 Å². The number of carbonyl (C=O) groups excluding carboxylic acids is 1. The number of carbonyl (C=O) groups is 1. The number of anilines is 1. The van der Waals surface area contributed by atoms with Crippen LogP contribution in [0.15, 0.2) is 11.6 Å². The minimum atomic E-state index is 0.612. The van der Waals surface area contributed by atoms with Gasteiger partial charge >= 0.3 is 0 Å². The van der Waals surface area contributed by atoms with Crippen LogP contribution >= 0.6 is 11.3 Å². The topological polar surface area (TPSA) is 46.8 Å². The van der Waals surface area contributed by atoms with Gasteiger partial charge in [0.1, 0.15) is 5.69 Å². The summed E-state index contributed by atoms with van der Waals surface area (Å²) in [4.78, 5) is 18.5. The molecule has 0 amide bonds. The third-order valence-corrected chi connectivity index (χ3v) is 4.13. The van der Waals surface area contributed by atoms with E-state index in [9.17, 15) is 4.79 Å². The van der Waals surface area contributed by atoms with Gasteiger partial charge in [-0.05, 0) is 18.8 Å². The largest absolute Gasteiger partial charge is 0.379 e. The SMILES string of the molecule is CN(CCOCC1CC1)c1nc2sccn2c1C=O. The first kappa shape index (κ1) is 12.6. The van der Waals surface area contributed by atoms with E-state index < -0.39 is 0 Å². The Morgan fingerprint density at radius 2 is 2.47 bits per heavy atom. The first-order valence-corrected chi connectivity index (χ1v) is 7.37. The lowest BCUT2D eigenvalue weighted by molar-refractivity contribution is 0.111. The van der Waals surface area contributed by atoms with Crippen molar-refractivity contribution in [3.05, 3.63) is 17.3 Å². The van der Waals surface area contributed by atoms with Crippen molar-refractivity contribution in [2.45, 2.75) is 12.8 Å². The minimum absolute atomic E-state index is 0.612. The van der Waals surface area contributed by atoms with Crippen molar-refractivity contribution in [2.24, 2.45) is 5.92 Å². The smallest absolute Gasteiger partial charge is 0.196 e. The van der Waals surface area contributed by atoms with E-state index in [4.69, 9.17) is 4.74 Å². The fourth-order valence-corrected chi connectivity index (χ4v) is 2.74. The summed E-state index contributed by atoms with van der Waals surface area (Å²) >= 11 is 1.53. The van der Waals surface area contributed by atoms with Crippen molar-refractivity contribution in [1.82, 2.24) is 9.38 Å². The molecular weight excluding hydrogens is 262 g/mol. The molecule has 0 atom stereocenters. The third-order valence-electron chi connectivity index (χ3n) is 3.37. The highest BCUT2D eigenvalue weighted by Gasteiger charge is 2.21. The van der Waals surface area contributed by atoms with Gasteiger partial charge in [0.15, 0.2) is 17.1 Å². The number of hydrogen-bond acceptors (Lipinski definition) is 5. The highest BCUT2D eigenvalue weighted by molar-refractivity contribution is 7.15. The van der Waals surface area contributed by atoms with Crippen molar-refractivity contribution in [3.63, 3.8) is 0 Å². The molecule has 0 aliphatic heterocycles. The molecule has 0 radical (unpaired) electrons. The Hall–Kier alpha value is -1.40. The van der Waals surface area contributed by atoms with Gasteiger partial charge in [0.25, 0.3) is 0 Å². The standard InChI is InChI=1S/C13H17N3O2S/c1-15(4-6-18-9-10-2-3-10)12-11(8-17)16-5-7-19-13(16)14-12/h5,7-8,10H,2-4,6,9H2,1H3. The number of nitrogens with zero attached hydrogens (tertiary/aromatic N) is 3. The van der Waals surface area contributed by atoms with Crippen LogP contribution in [-0.4, -0.2) is 42.5 Å². The number of aromatic nitrogens is 2. The highest BCUT2D eigenvalue weighted by atomic mass is 32.1. The van der Waals surface area contributed by atoms with Gasteiger partial charge in [-0.15, -0.1) is 11.3 Å². The van der Waals surface area contributed by atoms with E-state index in [0.29, 0.717) is 12.3 Å². The molecule has 1 aliphatic carbocycles. The fourth-order valence-electron chi connectivity index (χ4n) is 2.02. The van der Waals surface area contributed by atoms with Crippen LogP contribution in [0.2, 0.25) is 0 Å². The number of imidazole rings is 1. The molecule has 19 heavy (non-hydrogen) atoms. The summed E-state index contributed by atoms with van der Waals surface area (Å²) in [5.74, 6) is 1.52. The molecule has 2 aromatic heterocycles. The van der Waals surface area contributed by atoms with Crippen LogP contribution < -0.4 is 4.90 Å². The highest BCUT2D eigenvalue weighted by Crippen LogP contribution is 2.28. The zero-order valence-corrected chi connectivity index (χ0v) is 11.7. The minimum Gasteiger partial charge on any atom is -0.379 e. The summed E-state index contributed by atoms with van der Waals surface area (Å²) in [5, 5.41) is 1.93. The molecule has 3 rings (SSSR count). The quantitative estimate of drug-likeness (QED) is 0.575. The monoisotopic (exact) mass is 279 g/mol. The molecule has 6 heteroatoms. The molecular formula is C13H17N3O2S. The van der Waals surface area contributed by atoms with E-state index in [-0.39, 0.29) is 0 Å². The lowest BCUT2D eigenvalue weighted by atomic mass is 10.4. The molecule has 2 aromatic rings. The van der Waals surface area contributed by atoms with Crippen molar-refractivity contribution >= 4 is 28.4 Å². The molecule has 1 fully saturated rings. The number of aldehydes is 1. The zero-order chi connectivity index (χ0) is 13.2. The fraction of sp³-hybridized carbons (Fsp3) is 0.538. The Bertz CT molecular complexity index is 573. The second kappa shape index (κ2) is 5.30. The molecule has 1 aliphatic rings. The third kappa shape index (κ3) is 2.64. The molecule has 1 saturated carbocycles. The van der Waals surface area contributed by atoms with Gasteiger partial charge in [0.2, 0.25) is 0 Å². The first-order valence-electron chi connectivity index (χ1n) is 6.49. The van der Waals surface area contributed by atoms with Gasteiger partial charge in [0, 0.05) is 31.8 Å². The van der Waals surface area contributed by atoms with E-state index in [1.807, 2.05) is 27.9 Å². The van der Waals surface area contributed by atoms with E-state index in [2.05, 4.69) is 4.98 Å². The van der Waals surface area contributed by atoms with Gasteiger partial charge in [-0.2, -0.15) is 0 Å². The molecule has 0 spiro atoms. The van der Waals surface area contributed by atoms with Gasteiger partial charge in [-0.25, -0.2) is 4.98 Å². The Morgan fingerprint density at radius 3 is 3.21 bits per heavy atom. The Balaban J connectivity index is 1.64. The van der Waals surface area contributed by atoms with E-state index in [0.717, 1.165) is 36.1 Å². The lowest BCUT2D eigenvalue weighted by Gasteiger charge is -2.16. The Labute approximate surface area is 115 Å². The number of rotatable bonds is 7. The maximum Gasteiger partial charge on any atom is 0.196 e. The van der Waals surface area contributed by atoms with Gasteiger partial charge in [-0.3, -0.25) is 9.20 Å². The maximum atomic E-state index is 11.2. The van der Waals surface area contributed by atoms with Crippen LogP contribution in [0, 0.1) is 5.92 Å². The van der Waals surface area contributed by atoms with Crippen LogP contribution in [0.5, 0.6) is 0 Å². The summed E-state index contributed by atoms with van der Waals surface area (Å²) < 4.78 is 7.44. The average molecular weight is 279 g/mol. The van der Waals surface area contributed by atoms with Crippen LogP contribution in [0.25, 0.3) is 4.96 Å². The van der Waals surface area contributed by atoms with Crippen molar-refractivity contribution in [2.75, 3.05) is 31.7 Å². The molecule has 2 heterocycles. The molecule has 0 unspecified atom stereocenters. The summed E-state index contributed by atoms with van der Waals surface area (Å²) in [6.45, 7) is 2.29. The normalized spacial score (nSPS) is 15.0. The molecule has 0 saturated heterocycles. The molecule has 5 nitrogen and oxygen atoms in total. The molecule has 0 bridgehead atoms. The maximum absolute atomic E-state index is 11.2. The van der Waals surface area contributed by atoms with Crippen LogP contribution in [0.3, 0.4) is 0 Å².